The van der Waals surface area contributed by atoms with Gasteiger partial charge in [-0.15, -0.1) is 0 Å². The third-order valence-corrected chi connectivity index (χ3v) is 4.21. The Kier molecular flexibility index (Phi) is 4.97. The highest BCUT2D eigenvalue weighted by Crippen LogP contribution is 2.29. The number of nitrogens with one attached hydrogen (secondary N) is 1. The van der Waals surface area contributed by atoms with Crippen LogP contribution in [0.25, 0.3) is 0 Å². The van der Waals surface area contributed by atoms with E-state index in [1.807, 2.05) is 0 Å². The number of amides is 2. The Morgan fingerprint density at radius 2 is 1.58 bits per heavy atom. The van der Waals surface area contributed by atoms with Crippen LogP contribution in [0, 0.1) is 0 Å². The van der Waals surface area contributed by atoms with Gasteiger partial charge in [-0.1, -0.05) is 12.1 Å². The highest BCUT2D eigenvalue weighted by atomic mass is 19.4. The van der Waals surface area contributed by atoms with Gasteiger partial charge in [-0.2, -0.15) is 13.2 Å². The molecule has 1 fully saturated rings. The van der Waals surface area contributed by atoms with E-state index in [1.165, 1.54) is 18.2 Å². The van der Waals surface area contributed by atoms with Crippen molar-refractivity contribution < 1.29 is 22.8 Å². The van der Waals surface area contributed by atoms with Gasteiger partial charge in [0.2, 0.25) is 0 Å². The summed E-state index contributed by atoms with van der Waals surface area (Å²) in [6.07, 6.45) is -2.58. The maximum Gasteiger partial charge on any atom is 0.416 e. The summed E-state index contributed by atoms with van der Waals surface area (Å²) in [6.45, 7) is 1.42. The molecule has 0 spiro atoms. The van der Waals surface area contributed by atoms with Crippen molar-refractivity contribution in [1.82, 2.24) is 4.90 Å². The van der Waals surface area contributed by atoms with Crippen LogP contribution in [0.4, 0.5) is 18.9 Å². The molecule has 0 unspecified atom stereocenters. The third kappa shape index (κ3) is 4.04. The number of benzene rings is 2. The molecule has 1 aliphatic heterocycles. The maximum absolute atomic E-state index is 12.8. The molecule has 1 aliphatic rings. The second-order valence-electron chi connectivity index (χ2n) is 6.11. The quantitative estimate of drug-likeness (QED) is 0.890. The van der Waals surface area contributed by atoms with Gasteiger partial charge < -0.3 is 10.2 Å². The number of carbonyl (C=O) groups excluding carboxylic acids is 2. The first-order valence-electron chi connectivity index (χ1n) is 8.22. The van der Waals surface area contributed by atoms with E-state index in [-0.39, 0.29) is 11.5 Å². The molecule has 0 aromatic heterocycles. The molecule has 2 aromatic rings. The molecule has 4 nitrogen and oxygen atoms in total. The smallest absolute Gasteiger partial charge is 0.339 e. The third-order valence-electron chi connectivity index (χ3n) is 4.21. The van der Waals surface area contributed by atoms with Crippen molar-refractivity contribution in [2.75, 3.05) is 18.4 Å². The summed E-state index contributed by atoms with van der Waals surface area (Å²) in [4.78, 5) is 26.4. The number of hydrogen-bond acceptors (Lipinski definition) is 2. The highest BCUT2D eigenvalue weighted by Gasteiger charge is 2.31. The Morgan fingerprint density at radius 1 is 0.923 bits per heavy atom. The van der Waals surface area contributed by atoms with Crippen molar-refractivity contribution in [3.63, 3.8) is 0 Å². The van der Waals surface area contributed by atoms with Gasteiger partial charge in [0.25, 0.3) is 11.8 Å². The second kappa shape index (κ2) is 7.19. The Hall–Kier alpha value is -2.83. The van der Waals surface area contributed by atoms with Gasteiger partial charge in [0.1, 0.15) is 0 Å². The highest BCUT2D eigenvalue weighted by molar-refractivity contribution is 6.05. The molecule has 0 saturated carbocycles. The predicted octanol–water partition coefficient (Wildman–Crippen LogP) is 4.19. The minimum atomic E-state index is -4.52. The monoisotopic (exact) mass is 362 g/mol. The average molecular weight is 362 g/mol. The Bertz CT molecular complexity index is 828. The van der Waals surface area contributed by atoms with Crippen LogP contribution >= 0.6 is 0 Å². The van der Waals surface area contributed by atoms with Crippen molar-refractivity contribution in [1.29, 1.82) is 0 Å². The normalized spacial score (nSPS) is 14.3. The first kappa shape index (κ1) is 18.0. The lowest BCUT2D eigenvalue weighted by atomic mass is 10.1. The number of hydrogen-bond donors (Lipinski definition) is 1. The van der Waals surface area contributed by atoms with E-state index in [9.17, 15) is 22.8 Å². The zero-order valence-electron chi connectivity index (χ0n) is 13.8. The number of alkyl halides is 3. The molecule has 1 N–H and O–H groups in total. The van der Waals surface area contributed by atoms with Crippen LogP contribution in [0.15, 0.2) is 48.5 Å². The number of anilines is 1. The van der Waals surface area contributed by atoms with Gasteiger partial charge in [-0.3, -0.25) is 9.59 Å². The molecule has 1 heterocycles. The molecular formula is C19H17F3N2O2. The zero-order valence-corrected chi connectivity index (χ0v) is 13.8. The minimum absolute atomic E-state index is 0.101. The molecule has 2 amide bonds. The lowest BCUT2D eigenvalue weighted by Gasteiger charge is -2.16. The average Bonchev–Trinajstić information content (AvgIpc) is 3.15. The molecular weight excluding hydrogens is 345 g/mol. The van der Waals surface area contributed by atoms with Crippen LogP contribution in [0.1, 0.15) is 39.1 Å². The zero-order chi connectivity index (χ0) is 18.7. The van der Waals surface area contributed by atoms with Gasteiger partial charge in [0.05, 0.1) is 5.56 Å². The van der Waals surface area contributed by atoms with Gasteiger partial charge in [0, 0.05) is 29.9 Å². The van der Waals surface area contributed by atoms with Crippen LogP contribution in [-0.4, -0.2) is 29.8 Å². The van der Waals surface area contributed by atoms with Crippen molar-refractivity contribution in [3.05, 3.63) is 65.2 Å². The summed E-state index contributed by atoms with van der Waals surface area (Å²) in [5, 5.41) is 2.55. The predicted molar refractivity (Wildman–Crippen MR) is 91.0 cm³/mol. The van der Waals surface area contributed by atoms with E-state index in [4.69, 9.17) is 0 Å². The fraction of sp³-hybridized carbons (Fsp3) is 0.263. The summed E-state index contributed by atoms with van der Waals surface area (Å²) in [5.41, 5.74) is -0.189. The van der Waals surface area contributed by atoms with Gasteiger partial charge in [0.15, 0.2) is 0 Å². The molecule has 136 valence electrons. The number of likely N-dealkylation sites (tertiary alicyclic amines) is 1. The van der Waals surface area contributed by atoms with E-state index < -0.39 is 17.6 Å². The van der Waals surface area contributed by atoms with Crippen LogP contribution in [0.2, 0.25) is 0 Å². The van der Waals surface area contributed by atoms with Crippen molar-refractivity contribution in [3.8, 4) is 0 Å². The summed E-state index contributed by atoms with van der Waals surface area (Å²) in [7, 11) is 0. The maximum atomic E-state index is 12.8. The van der Waals surface area contributed by atoms with Crippen molar-refractivity contribution >= 4 is 17.5 Å². The van der Waals surface area contributed by atoms with Crippen LogP contribution in [-0.2, 0) is 6.18 Å². The van der Waals surface area contributed by atoms with Gasteiger partial charge in [-0.05, 0) is 49.2 Å². The molecule has 26 heavy (non-hydrogen) atoms. The second-order valence-corrected chi connectivity index (χ2v) is 6.11. The fourth-order valence-corrected chi connectivity index (χ4v) is 2.87. The first-order chi connectivity index (χ1) is 12.3. The van der Waals surface area contributed by atoms with Gasteiger partial charge in [-0.25, -0.2) is 0 Å². The van der Waals surface area contributed by atoms with Crippen LogP contribution in [0.3, 0.4) is 0 Å². The lowest BCUT2D eigenvalue weighted by Crippen LogP contribution is -2.27. The minimum Gasteiger partial charge on any atom is -0.339 e. The number of carbonyl (C=O) groups is 2. The molecule has 0 radical (unpaired) electrons. The molecule has 1 saturated heterocycles. The standard InChI is InChI=1S/C19H17F3N2O2/c20-19(21,22)15-7-3-5-13(11-15)17(25)23-16-8-4-6-14(12-16)18(26)24-9-1-2-10-24/h3-8,11-12H,1-2,9-10H2,(H,23,25). The fourth-order valence-electron chi connectivity index (χ4n) is 2.87. The number of rotatable bonds is 3. The largest absolute Gasteiger partial charge is 0.416 e. The summed E-state index contributed by atoms with van der Waals surface area (Å²) >= 11 is 0. The van der Waals surface area contributed by atoms with E-state index >= 15 is 0 Å². The van der Waals surface area contributed by atoms with Crippen molar-refractivity contribution in [2.45, 2.75) is 19.0 Å². The Balaban J connectivity index is 1.76. The van der Waals surface area contributed by atoms with Crippen LogP contribution < -0.4 is 5.32 Å². The topological polar surface area (TPSA) is 49.4 Å². The summed E-state index contributed by atoms with van der Waals surface area (Å²) in [5.74, 6) is -0.778. The Labute approximate surface area is 148 Å². The van der Waals surface area contributed by atoms with E-state index in [0.29, 0.717) is 24.3 Å². The molecule has 0 atom stereocenters. The van der Waals surface area contributed by atoms with Crippen molar-refractivity contribution in [2.24, 2.45) is 0 Å². The molecule has 2 aromatic carbocycles. The summed E-state index contributed by atoms with van der Waals surface area (Å²) in [6, 6.07) is 10.6. The molecule has 3 rings (SSSR count). The molecule has 0 aliphatic carbocycles. The first-order valence-corrected chi connectivity index (χ1v) is 8.22. The lowest BCUT2D eigenvalue weighted by molar-refractivity contribution is -0.137. The van der Waals surface area contributed by atoms with Crippen LogP contribution in [0.5, 0.6) is 0 Å². The van der Waals surface area contributed by atoms with Gasteiger partial charge >= 0.3 is 6.18 Å². The van der Waals surface area contributed by atoms with E-state index in [0.717, 1.165) is 25.0 Å². The van der Waals surface area contributed by atoms with E-state index in [2.05, 4.69) is 5.32 Å². The molecule has 7 heteroatoms. The SMILES string of the molecule is O=C(Nc1cccc(C(=O)N2CCCC2)c1)c1cccc(C(F)(F)F)c1. The van der Waals surface area contributed by atoms with E-state index in [1.54, 1.807) is 23.1 Å². The summed E-state index contributed by atoms with van der Waals surface area (Å²) < 4.78 is 38.3. The molecule has 0 bridgehead atoms. The number of nitrogens with zero attached hydrogens (tertiary/aromatic N) is 1. The Morgan fingerprint density at radius 3 is 2.27 bits per heavy atom. The number of halogens is 3.